The van der Waals surface area contributed by atoms with E-state index in [-0.39, 0.29) is 5.56 Å². The number of benzene rings is 1. The number of aromatic nitrogens is 2. The lowest BCUT2D eigenvalue weighted by Crippen LogP contribution is -2.05. The van der Waals surface area contributed by atoms with E-state index in [1.807, 2.05) is 13.0 Å². The SMILES string of the molecule is CNc1cc(C)nc(Nc2ccc(Cl)c(C(=O)OC)c2)n1. The topological polar surface area (TPSA) is 76.1 Å². The van der Waals surface area contributed by atoms with Crippen molar-refractivity contribution in [3.63, 3.8) is 0 Å². The molecule has 2 rings (SSSR count). The second-order valence-corrected chi connectivity index (χ2v) is 4.69. The lowest BCUT2D eigenvalue weighted by Gasteiger charge is -2.09. The number of aryl methyl sites for hydroxylation is 1. The first-order chi connectivity index (χ1) is 10.0. The fourth-order valence-corrected chi connectivity index (χ4v) is 1.95. The van der Waals surface area contributed by atoms with Gasteiger partial charge in [-0.05, 0) is 25.1 Å². The molecule has 2 N–H and O–H groups in total. The molecule has 0 aliphatic rings. The van der Waals surface area contributed by atoms with Crippen LogP contribution in [-0.2, 0) is 4.74 Å². The molecule has 7 heteroatoms. The predicted octanol–water partition coefficient (Wildman–Crippen LogP) is 3.01. The van der Waals surface area contributed by atoms with Gasteiger partial charge in [0.15, 0.2) is 0 Å². The van der Waals surface area contributed by atoms with Crippen LogP contribution in [0.3, 0.4) is 0 Å². The van der Waals surface area contributed by atoms with Crippen molar-refractivity contribution in [2.24, 2.45) is 0 Å². The van der Waals surface area contributed by atoms with Crippen molar-refractivity contribution in [3.8, 4) is 0 Å². The summed E-state index contributed by atoms with van der Waals surface area (Å²) in [5.41, 5.74) is 1.75. The van der Waals surface area contributed by atoms with Gasteiger partial charge in [-0.3, -0.25) is 0 Å². The molecule has 6 nitrogen and oxygen atoms in total. The highest BCUT2D eigenvalue weighted by molar-refractivity contribution is 6.33. The first-order valence-corrected chi connectivity index (χ1v) is 6.59. The van der Waals surface area contributed by atoms with Gasteiger partial charge in [0.25, 0.3) is 0 Å². The molecular formula is C14H15ClN4O2. The molecule has 1 heterocycles. The Labute approximate surface area is 127 Å². The number of methoxy groups -OCH3 is 1. The quantitative estimate of drug-likeness (QED) is 0.846. The summed E-state index contributed by atoms with van der Waals surface area (Å²) in [6.45, 7) is 1.87. The van der Waals surface area contributed by atoms with E-state index in [2.05, 4.69) is 25.3 Å². The van der Waals surface area contributed by atoms with Crippen molar-refractivity contribution in [1.82, 2.24) is 9.97 Å². The second kappa shape index (κ2) is 6.41. The highest BCUT2D eigenvalue weighted by Crippen LogP contribution is 2.23. The summed E-state index contributed by atoms with van der Waals surface area (Å²) >= 11 is 5.98. The number of anilines is 3. The van der Waals surface area contributed by atoms with Gasteiger partial charge in [0, 0.05) is 24.5 Å². The van der Waals surface area contributed by atoms with Gasteiger partial charge in [-0.1, -0.05) is 11.6 Å². The fourth-order valence-electron chi connectivity index (χ4n) is 1.75. The Morgan fingerprint density at radius 3 is 2.71 bits per heavy atom. The Hall–Kier alpha value is -2.34. The molecule has 0 saturated carbocycles. The predicted molar refractivity (Wildman–Crippen MR) is 82.4 cm³/mol. The van der Waals surface area contributed by atoms with Crippen molar-refractivity contribution in [2.75, 3.05) is 24.8 Å². The summed E-state index contributed by atoms with van der Waals surface area (Å²) in [6, 6.07) is 6.77. The van der Waals surface area contributed by atoms with Gasteiger partial charge in [-0.2, -0.15) is 4.98 Å². The average molecular weight is 307 g/mol. The highest BCUT2D eigenvalue weighted by atomic mass is 35.5. The van der Waals surface area contributed by atoms with Crippen LogP contribution in [-0.4, -0.2) is 30.1 Å². The molecule has 0 bridgehead atoms. The standard InChI is InChI=1S/C14H15ClN4O2/c1-8-6-12(16-2)19-14(17-8)18-9-4-5-11(15)10(7-9)13(20)21-3/h4-7H,1-3H3,(H2,16,17,18,19). The molecule has 1 aromatic carbocycles. The average Bonchev–Trinajstić information content (AvgIpc) is 2.47. The van der Waals surface area contributed by atoms with Crippen LogP contribution in [0.4, 0.5) is 17.5 Å². The molecule has 21 heavy (non-hydrogen) atoms. The number of rotatable bonds is 4. The van der Waals surface area contributed by atoms with Gasteiger partial charge in [-0.15, -0.1) is 0 Å². The van der Waals surface area contributed by atoms with Crippen molar-refractivity contribution in [2.45, 2.75) is 6.92 Å². The van der Waals surface area contributed by atoms with E-state index < -0.39 is 5.97 Å². The van der Waals surface area contributed by atoms with E-state index in [4.69, 9.17) is 11.6 Å². The van der Waals surface area contributed by atoms with Crippen LogP contribution in [0, 0.1) is 6.92 Å². The minimum Gasteiger partial charge on any atom is -0.465 e. The summed E-state index contributed by atoms with van der Waals surface area (Å²) in [4.78, 5) is 20.2. The molecule has 2 aromatic rings. The lowest BCUT2D eigenvalue weighted by molar-refractivity contribution is 0.0601. The Kier molecular flexibility index (Phi) is 4.59. The van der Waals surface area contributed by atoms with E-state index in [0.717, 1.165) is 5.69 Å². The third-order valence-electron chi connectivity index (χ3n) is 2.74. The zero-order valence-electron chi connectivity index (χ0n) is 11.9. The minimum atomic E-state index is -0.496. The number of nitrogens with zero attached hydrogens (tertiary/aromatic N) is 2. The third-order valence-corrected chi connectivity index (χ3v) is 3.07. The number of halogens is 1. The minimum absolute atomic E-state index is 0.283. The van der Waals surface area contributed by atoms with Crippen molar-refractivity contribution in [3.05, 3.63) is 40.5 Å². The van der Waals surface area contributed by atoms with Crippen LogP contribution in [0.25, 0.3) is 0 Å². The van der Waals surface area contributed by atoms with Gasteiger partial charge >= 0.3 is 5.97 Å². The van der Waals surface area contributed by atoms with Crippen molar-refractivity contribution < 1.29 is 9.53 Å². The van der Waals surface area contributed by atoms with E-state index in [0.29, 0.717) is 22.5 Å². The Morgan fingerprint density at radius 1 is 1.29 bits per heavy atom. The van der Waals surface area contributed by atoms with E-state index in [1.54, 1.807) is 25.2 Å². The fraction of sp³-hybridized carbons (Fsp3) is 0.214. The molecule has 1 aromatic heterocycles. The number of carbonyl (C=O) groups excluding carboxylic acids is 1. The lowest BCUT2D eigenvalue weighted by atomic mass is 10.2. The highest BCUT2D eigenvalue weighted by Gasteiger charge is 2.12. The van der Waals surface area contributed by atoms with Gasteiger partial charge in [0.2, 0.25) is 5.95 Å². The maximum Gasteiger partial charge on any atom is 0.339 e. The third kappa shape index (κ3) is 3.61. The van der Waals surface area contributed by atoms with E-state index >= 15 is 0 Å². The maximum atomic E-state index is 11.6. The number of ether oxygens (including phenoxy) is 1. The molecule has 0 atom stereocenters. The van der Waals surface area contributed by atoms with Crippen LogP contribution in [0.2, 0.25) is 5.02 Å². The summed E-state index contributed by atoms with van der Waals surface area (Å²) in [5, 5.41) is 6.32. The summed E-state index contributed by atoms with van der Waals surface area (Å²) in [5.74, 6) is 0.634. The molecule has 110 valence electrons. The van der Waals surface area contributed by atoms with Gasteiger partial charge in [0.05, 0.1) is 17.7 Å². The van der Waals surface area contributed by atoms with Crippen LogP contribution in [0.1, 0.15) is 16.1 Å². The molecule has 0 saturated heterocycles. The Bertz CT molecular complexity index is 676. The van der Waals surface area contributed by atoms with Crippen LogP contribution in [0.5, 0.6) is 0 Å². The summed E-state index contributed by atoms with van der Waals surface area (Å²) in [7, 11) is 3.09. The van der Waals surface area contributed by atoms with Crippen LogP contribution >= 0.6 is 11.6 Å². The first kappa shape index (κ1) is 15.1. The Balaban J connectivity index is 2.31. The molecule has 0 unspecified atom stereocenters. The summed E-state index contributed by atoms with van der Waals surface area (Å²) < 4.78 is 4.69. The monoisotopic (exact) mass is 306 g/mol. The number of hydrogen-bond donors (Lipinski definition) is 2. The van der Waals surface area contributed by atoms with Crippen molar-refractivity contribution in [1.29, 1.82) is 0 Å². The maximum absolute atomic E-state index is 11.6. The van der Waals surface area contributed by atoms with Crippen molar-refractivity contribution >= 4 is 35.0 Å². The number of hydrogen-bond acceptors (Lipinski definition) is 6. The molecule has 0 spiro atoms. The van der Waals surface area contributed by atoms with Gasteiger partial charge in [0.1, 0.15) is 5.82 Å². The smallest absolute Gasteiger partial charge is 0.339 e. The zero-order chi connectivity index (χ0) is 15.4. The first-order valence-electron chi connectivity index (χ1n) is 6.22. The zero-order valence-corrected chi connectivity index (χ0v) is 12.7. The van der Waals surface area contributed by atoms with E-state index in [1.165, 1.54) is 7.11 Å². The molecular weight excluding hydrogens is 292 g/mol. The van der Waals surface area contributed by atoms with E-state index in [9.17, 15) is 4.79 Å². The molecule has 0 radical (unpaired) electrons. The molecule has 0 aliphatic carbocycles. The number of nitrogens with one attached hydrogen (secondary N) is 2. The summed E-state index contributed by atoms with van der Waals surface area (Å²) in [6.07, 6.45) is 0. The second-order valence-electron chi connectivity index (χ2n) is 4.28. The van der Waals surface area contributed by atoms with Gasteiger partial charge < -0.3 is 15.4 Å². The normalized spacial score (nSPS) is 10.1. The van der Waals surface area contributed by atoms with Gasteiger partial charge in [-0.25, -0.2) is 9.78 Å². The molecule has 0 aliphatic heterocycles. The molecule has 0 fully saturated rings. The Morgan fingerprint density at radius 2 is 2.05 bits per heavy atom. The van der Waals surface area contributed by atoms with Crippen LogP contribution < -0.4 is 10.6 Å². The largest absolute Gasteiger partial charge is 0.465 e. The van der Waals surface area contributed by atoms with Crippen LogP contribution in [0.15, 0.2) is 24.3 Å². The number of esters is 1. The number of carbonyl (C=O) groups is 1. The molecule has 0 amide bonds.